The van der Waals surface area contributed by atoms with Gasteiger partial charge in [-0.15, -0.1) is 0 Å². The molecule has 5 nitrogen and oxygen atoms in total. The first-order valence-corrected chi connectivity index (χ1v) is 7.66. The second-order valence-corrected chi connectivity index (χ2v) is 5.89. The molecule has 1 aliphatic heterocycles. The lowest BCUT2D eigenvalue weighted by Crippen LogP contribution is -2.16. The van der Waals surface area contributed by atoms with Gasteiger partial charge >= 0.3 is 5.97 Å². The van der Waals surface area contributed by atoms with Crippen LogP contribution in [0, 0.1) is 0 Å². The summed E-state index contributed by atoms with van der Waals surface area (Å²) in [4.78, 5) is 15.9. The average molecular weight is 385 g/mol. The Hall–Kier alpha value is -1.79. The van der Waals surface area contributed by atoms with Gasteiger partial charge in [-0.1, -0.05) is 11.6 Å². The number of rotatable bonds is 3. The molecule has 0 amide bonds. The number of carbonyl (C=O) groups excluding carboxylic acids is 1. The zero-order valence-corrected chi connectivity index (χ0v) is 13.7. The van der Waals surface area contributed by atoms with Crippen LogP contribution in [0.3, 0.4) is 0 Å². The van der Waals surface area contributed by atoms with E-state index in [-0.39, 0.29) is 6.61 Å². The van der Waals surface area contributed by atoms with Crippen LogP contribution in [-0.4, -0.2) is 24.2 Å². The SMILES string of the molecule is O=C(OCc1cc(Cl)c2c(c1)OCCO2)c1cncc(Br)c1. The third-order valence-electron chi connectivity index (χ3n) is 2.97. The number of nitrogens with zero attached hydrogens (tertiary/aromatic N) is 1. The molecular weight excluding hydrogens is 374 g/mol. The molecule has 0 N–H and O–H groups in total. The van der Waals surface area contributed by atoms with Gasteiger partial charge in [0.15, 0.2) is 11.5 Å². The predicted octanol–water partition coefficient (Wildman–Crippen LogP) is 3.63. The zero-order chi connectivity index (χ0) is 15.5. The number of ether oxygens (including phenoxy) is 3. The highest BCUT2D eigenvalue weighted by Gasteiger charge is 2.17. The van der Waals surface area contributed by atoms with Crippen LogP contribution < -0.4 is 9.47 Å². The standard InChI is InChI=1S/C15H11BrClNO4/c16-11-5-10(6-18-7-11)15(19)22-8-9-3-12(17)14-13(4-9)20-1-2-21-14/h3-7H,1-2,8H2. The predicted molar refractivity (Wildman–Crippen MR) is 83.5 cm³/mol. The van der Waals surface area contributed by atoms with Crippen LogP contribution in [0.1, 0.15) is 15.9 Å². The van der Waals surface area contributed by atoms with Gasteiger partial charge in [-0.2, -0.15) is 0 Å². The Kier molecular flexibility index (Phi) is 4.49. The summed E-state index contributed by atoms with van der Waals surface area (Å²) in [5.74, 6) is 0.632. The van der Waals surface area contributed by atoms with Gasteiger partial charge < -0.3 is 14.2 Å². The average Bonchev–Trinajstić information content (AvgIpc) is 2.53. The van der Waals surface area contributed by atoms with Crippen LogP contribution in [0.2, 0.25) is 5.02 Å². The van der Waals surface area contributed by atoms with Crippen molar-refractivity contribution in [1.82, 2.24) is 4.98 Å². The monoisotopic (exact) mass is 383 g/mol. The molecular formula is C15H11BrClNO4. The Balaban J connectivity index is 1.71. The Morgan fingerprint density at radius 1 is 1.27 bits per heavy atom. The fourth-order valence-electron chi connectivity index (χ4n) is 2.00. The van der Waals surface area contributed by atoms with Gasteiger partial charge in [-0.25, -0.2) is 4.79 Å². The van der Waals surface area contributed by atoms with Crippen molar-refractivity contribution in [3.05, 3.63) is 51.2 Å². The second kappa shape index (κ2) is 6.54. The van der Waals surface area contributed by atoms with E-state index in [9.17, 15) is 4.79 Å². The minimum absolute atomic E-state index is 0.0850. The summed E-state index contributed by atoms with van der Waals surface area (Å²) in [5.41, 5.74) is 1.10. The zero-order valence-electron chi connectivity index (χ0n) is 11.3. The number of benzene rings is 1. The quantitative estimate of drug-likeness (QED) is 0.757. The van der Waals surface area contributed by atoms with E-state index in [0.29, 0.717) is 39.8 Å². The molecule has 0 radical (unpaired) electrons. The molecule has 0 bridgehead atoms. The summed E-state index contributed by atoms with van der Waals surface area (Å²) < 4.78 is 16.9. The molecule has 0 saturated heterocycles. The molecule has 0 unspecified atom stereocenters. The minimum atomic E-state index is -0.459. The largest absolute Gasteiger partial charge is 0.486 e. The molecule has 114 valence electrons. The summed E-state index contributed by atoms with van der Waals surface area (Å²) in [6.07, 6.45) is 3.04. The van der Waals surface area contributed by atoms with E-state index in [2.05, 4.69) is 20.9 Å². The summed E-state index contributed by atoms with van der Waals surface area (Å²) in [6, 6.07) is 5.10. The molecule has 0 spiro atoms. The smallest absolute Gasteiger partial charge is 0.340 e. The third-order valence-corrected chi connectivity index (χ3v) is 3.68. The highest BCUT2D eigenvalue weighted by atomic mass is 79.9. The van der Waals surface area contributed by atoms with Gasteiger partial charge in [0.1, 0.15) is 19.8 Å². The molecule has 3 rings (SSSR count). The molecule has 0 aliphatic carbocycles. The van der Waals surface area contributed by atoms with Crippen molar-refractivity contribution in [1.29, 1.82) is 0 Å². The maximum atomic E-state index is 12.0. The van der Waals surface area contributed by atoms with Crippen LogP contribution in [0.25, 0.3) is 0 Å². The summed E-state index contributed by atoms with van der Waals surface area (Å²) >= 11 is 9.40. The van der Waals surface area contributed by atoms with Crippen molar-refractivity contribution in [3.8, 4) is 11.5 Å². The highest BCUT2D eigenvalue weighted by molar-refractivity contribution is 9.10. The molecule has 1 aliphatic rings. The van der Waals surface area contributed by atoms with E-state index in [1.165, 1.54) is 6.20 Å². The van der Waals surface area contributed by atoms with Crippen LogP contribution >= 0.6 is 27.5 Å². The highest BCUT2D eigenvalue weighted by Crippen LogP contribution is 2.38. The van der Waals surface area contributed by atoms with Gasteiger partial charge in [-0.05, 0) is 39.7 Å². The number of carbonyl (C=O) groups is 1. The lowest BCUT2D eigenvalue weighted by molar-refractivity contribution is 0.0471. The number of esters is 1. The van der Waals surface area contributed by atoms with Crippen LogP contribution in [0.15, 0.2) is 35.1 Å². The van der Waals surface area contributed by atoms with Gasteiger partial charge in [0, 0.05) is 16.9 Å². The van der Waals surface area contributed by atoms with E-state index in [0.717, 1.165) is 5.56 Å². The molecule has 7 heteroatoms. The van der Waals surface area contributed by atoms with Crippen molar-refractivity contribution in [3.63, 3.8) is 0 Å². The number of halogens is 2. The van der Waals surface area contributed by atoms with Crippen LogP contribution in [0.4, 0.5) is 0 Å². The Morgan fingerprint density at radius 3 is 2.91 bits per heavy atom. The van der Waals surface area contributed by atoms with E-state index in [1.54, 1.807) is 24.4 Å². The summed E-state index contributed by atoms with van der Waals surface area (Å²) in [5, 5.41) is 0.437. The van der Waals surface area contributed by atoms with Crippen molar-refractivity contribution in [2.24, 2.45) is 0 Å². The van der Waals surface area contributed by atoms with Crippen molar-refractivity contribution in [2.75, 3.05) is 13.2 Å². The Bertz CT molecular complexity index is 723. The fourth-order valence-corrected chi connectivity index (χ4v) is 2.66. The third kappa shape index (κ3) is 3.34. The maximum Gasteiger partial charge on any atom is 0.340 e. The van der Waals surface area contributed by atoms with Crippen LogP contribution in [-0.2, 0) is 11.3 Å². The number of hydrogen-bond acceptors (Lipinski definition) is 5. The molecule has 0 saturated carbocycles. The molecule has 0 atom stereocenters. The maximum absolute atomic E-state index is 12.0. The lowest BCUT2D eigenvalue weighted by Gasteiger charge is -2.20. The van der Waals surface area contributed by atoms with Gasteiger partial charge in [0.05, 0.1) is 10.6 Å². The minimum Gasteiger partial charge on any atom is -0.486 e. The van der Waals surface area contributed by atoms with Gasteiger partial charge in [0.2, 0.25) is 0 Å². The normalized spacial score (nSPS) is 12.8. The lowest BCUT2D eigenvalue weighted by atomic mass is 10.2. The molecule has 0 fully saturated rings. The van der Waals surface area contributed by atoms with E-state index in [4.69, 9.17) is 25.8 Å². The summed E-state index contributed by atoms with van der Waals surface area (Å²) in [6.45, 7) is 1.02. The molecule has 1 aromatic heterocycles. The van der Waals surface area contributed by atoms with Crippen molar-refractivity contribution < 1.29 is 19.0 Å². The number of fused-ring (bicyclic) bond motifs is 1. The number of hydrogen-bond donors (Lipinski definition) is 0. The van der Waals surface area contributed by atoms with Gasteiger partial charge in [-0.3, -0.25) is 4.98 Å². The Morgan fingerprint density at radius 2 is 2.09 bits per heavy atom. The van der Waals surface area contributed by atoms with Crippen molar-refractivity contribution >= 4 is 33.5 Å². The first-order chi connectivity index (χ1) is 10.6. The second-order valence-electron chi connectivity index (χ2n) is 4.57. The molecule has 22 heavy (non-hydrogen) atoms. The topological polar surface area (TPSA) is 57.7 Å². The summed E-state index contributed by atoms with van der Waals surface area (Å²) in [7, 11) is 0. The molecule has 1 aromatic carbocycles. The first-order valence-electron chi connectivity index (χ1n) is 6.49. The Labute approximate surface area is 140 Å². The van der Waals surface area contributed by atoms with Gasteiger partial charge in [0.25, 0.3) is 0 Å². The van der Waals surface area contributed by atoms with E-state index in [1.807, 2.05) is 0 Å². The number of aromatic nitrogens is 1. The first kappa shape index (κ1) is 15.1. The van der Waals surface area contributed by atoms with Crippen molar-refractivity contribution in [2.45, 2.75) is 6.61 Å². The van der Waals surface area contributed by atoms with E-state index < -0.39 is 5.97 Å². The molecule has 2 aromatic rings. The van der Waals surface area contributed by atoms with E-state index >= 15 is 0 Å². The fraction of sp³-hybridized carbons (Fsp3) is 0.200. The molecule has 2 heterocycles. The number of pyridine rings is 1. The van der Waals surface area contributed by atoms with Crippen LogP contribution in [0.5, 0.6) is 11.5 Å².